The van der Waals surface area contributed by atoms with Crippen LogP contribution in [0.15, 0.2) is 47.4 Å². The second kappa shape index (κ2) is 10.1. The summed E-state index contributed by atoms with van der Waals surface area (Å²) in [6.45, 7) is 4.29. The summed E-state index contributed by atoms with van der Waals surface area (Å²) in [4.78, 5) is 6.49. The van der Waals surface area contributed by atoms with E-state index in [9.17, 15) is 18.8 Å². The van der Waals surface area contributed by atoms with E-state index in [1.54, 1.807) is 26.0 Å². The molecule has 11 heteroatoms. The Morgan fingerprint density at radius 3 is 2.28 bits per heavy atom. The number of nitriles is 1. The predicted octanol–water partition coefficient (Wildman–Crippen LogP) is 5.82. The first-order valence-corrected chi connectivity index (χ1v) is 13.7. The van der Waals surface area contributed by atoms with Crippen molar-refractivity contribution in [2.75, 3.05) is 22.7 Å². The first kappa shape index (κ1) is 26.5. The van der Waals surface area contributed by atoms with Crippen molar-refractivity contribution in [3.05, 3.63) is 79.9 Å². The Morgan fingerprint density at radius 1 is 1.06 bits per heavy atom. The molecule has 0 radical (unpaired) electrons. The van der Waals surface area contributed by atoms with Gasteiger partial charge >= 0.3 is 0 Å². The van der Waals surface area contributed by atoms with Gasteiger partial charge < -0.3 is 10.0 Å². The molecule has 2 aromatic carbocycles. The highest BCUT2D eigenvalue weighted by atomic mass is 35.5. The van der Waals surface area contributed by atoms with E-state index >= 15 is 0 Å². The number of pyridine rings is 1. The molecule has 4 rings (SSSR count). The van der Waals surface area contributed by atoms with Gasteiger partial charge in [0.15, 0.2) is 0 Å². The molecule has 1 aliphatic rings. The molecular weight excluding hydrogens is 543 g/mol. The molecule has 0 aliphatic carbocycles. The molecule has 0 atom stereocenters. The summed E-state index contributed by atoms with van der Waals surface area (Å²) < 4.78 is 28.6. The standard InChI is InChI=1S/C25H23Cl3N4O3S/c1-15-20(14-29)24(32-11-9-25(33,10-12-32)17-3-5-18(26)6-4-17)30-16(2)23(15)31-36(34,35)19-7-8-21(27)22(28)13-19/h3-8,13,31,33H,9-12H2,1-2H3. The fourth-order valence-corrected chi connectivity index (χ4v) is 6.02. The number of nitrogens with one attached hydrogen (secondary N) is 1. The first-order chi connectivity index (χ1) is 16.9. The molecule has 0 unspecified atom stereocenters. The molecule has 188 valence electrons. The Kier molecular flexibility index (Phi) is 7.42. The number of aryl methyl sites for hydroxylation is 1. The summed E-state index contributed by atoms with van der Waals surface area (Å²) >= 11 is 17.9. The van der Waals surface area contributed by atoms with E-state index in [2.05, 4.69) is 15.8 Å². The largest absolute Gasteiger partial charge is 0.385 e. The van der Waals surface area contributed by atoms with Crippen molar-refractivity contribution in [3.8, 4) is 6.07 Å². The van der Waals surface area contributed by atoms with Crippen molar-refractivity contribution >= 4 is 56.3 Å². The van der Waals surface area contributed by atoms with Crippen molar-refractivity contribution in [1.82, 2.24) is 4.98 Å². The van der Waals surface area contributed by atoms with E-state index in [0.717, 1.165) is 5.56 Å². The molecule has 3 aromatic rings. The van der Waals surface area contributed by atoms with Crippen molar-refractivity contribution in [1.29, 1.82) is 5.26 Å². The molecule has 0 spiro atoms. The van der Waals surface area contributed by atoms with Gasteiger partial charge in [-0.25, -0.2) is 13.4 Å². The topological polar surface area (TPSA) is 106 Å². The normalized spacial score (nSPS) is 15.4. The van der Waals surface area contributed by atoms with Crippen LogP contribution in [0, 0.1) is 25.2 Å². The molecule has 0 bridgehead atoms. The highest BCUT2D eigenvalue weighted by molar-refractivity contribution is 7.92. The maximum Gasteiger partial charge on any atom is 0.262 e. The fraction of sp³-hybridized carbons (Fsp3) is 0.280. The van der Waals surface area contributed by atoms with Crippen LogP contribution in [0.4, 0.5) is 11.5 Å². The number of sulfonamides is 1. The SMILES string of the molecule is Cc1nc(N2CCC(O)(c3ccc(Cl)cc3)CC2)c(C#N)c(C)c1NS(=O)(=O)c1ccc(Cl)c(Cl)c1. The zero-order valence-electron chi connectivity index (χ0n) is 19.5. The zero-order chi connectivity index (χ0) is 26.3. The number of rotatable bonds is 5. The van der Waals surface area contributed by atoms with Gasteiger partial charge in [-0.1, -0.05) is 46.9 Å². The maximum atomic E-state index is 13.0. The Labute approximate surface area is 225 Å². The van der Waals surface area contributed by atoms with E-state index in [4.69, 9.17) is 34.8 Å². The number of halogens is 3. The number of nitrogens with zero attached hydrogens (tertiary/aromatic N) is 3. The number of benzene rings is 2. The molecule has 1 saturated heterocycles. The Balaban J connectivity index is 1.61. The molecule has 0 amide bonds. The van der Waals surface area contributed by atoms with Crippen LogP contribution in [0.3, 0.4) is 0 Å². The third-order valence-corrected chi connectivity index (χ3v) is 8.77. The maximum absolute atomic E-state index is 13.0. The summed E-state index contributed by atoms with van der Waals surface area (Å²) in [5, 5.41) is 22.1. The van der Waals surface area contributed by atoms with Gasteiger partial charge in [0.05, 0.1) is 37.5 Å². The molecule has 2 heterocycles. The summed E-state index contributed by atoms with van der Waals surface area (Å²) in [5.41, 5.74) is 1.17. The zero-order valence-corrected chi connectivity index (χ0v) is 22.6. The molecule has 1 fully saturated rings. The van der Waals surface area contributed by atoms with Gasteiger partial charge in [-0.15, -0.1) is 0 Å². The van der Waals surface area contributed by atoms with E-state index < -0.39 is 15.6 Å². The minimum Gasteiger partial charge on any atom is -0.385 e. The number of hydrogen-bond donors (Lipinski definition) is 2. The average molecular weight is 566 g/mol. The van der Waals surface area contributed by atoms with Crippen LogP contribution >= 0.6 is 34.8 Å². The highest BCUT2D eigenvalue weighted by Gasteiger charge is 2.35. The molecule has 36 heavy (non-hydrogen) atoms. The second-order valence-corrected chi connectivity index (χ2v) is 11.6. The van der Waals surface area contributed by atoms with Crippen LogP contribution in [0.5, 0.6) is 0 Å². The van der Waals surface area contributed by atoms with Crippen LogP contribution in [0.25, 0.3) is 0 Å². The van der Waals surface area contributed by atoms with Crippen LogP contribution in [0.1, 0.15) is 35.2 Å². The highest BCUT2D eigenvalue weighted by Crippen LogP contribution is 2.37. The Morgan fingerprint density at radius 2 is 1.69 bits per heavy atom. The first-order valence-electron chi connectivity index (χ1n) is 11.1. The quantitative estimate of drug-likeness (QED) is 0.404. The minimum atomic E-state index is -4.01. The summed E-state index contributed by atoms with van der Waals surface area (Å²) in [7, 11) is -4.01. The number of aromatic nitrogens is 1. The van der Waals surface area contributed by atoms with Gasteiger partial charge in [0.25, 0.3) is 10.0 Å². The third kappa shape index (κ3) is 5.13. The molecule has 2 N–H and O–H groups in total. The smallest absolute Gasteiger partial charge is 0.262 e. The number of hydrogen-bond acceptors (Lipinski definition) is 6. The molecule has 1 aliphatic heterocycles. The molecular formula is C25H23Cl3N4O3S. The van der Waals surface area contributed by atoms with Crippen LogP contribution in [-0.4, -0.2) is 31.6 Å². The Bertz CT molecular complexity index is 1460. The van der Waals surface area contributed by atoms with E-state index in [1.165, 1.54) is 18.2 Å². The fourth-order valence-electron chi connectivity index (χ4n) is 4.32. The predicted molar refractivity (Wildman–Crippen MR) is 142 cm³/mol. The number of piperidine rings is 1. The summed E-state index contributed by atoms with van der Waals surface area (Å²) in [5.74, 6) is 0.461. The van der Waals surface area contributed by atoms with Gasteiger partial charge in [0.1, 0.15) is 11.9 Å². The lowest BCUT2D eigenvalue weighted by molar-refractivity contribution is 0.0116. The monoisotopic (exact) mass is 564 g/mol. The van der Waals surface area contributed by atoms with E-state index in [1.807, 2.05) is 17.0 Å². The lowest BCUT2D eigenvalue weighted by Crippen LogP contribution is -2.43. The number of aliphatic hydroxyl groups is 1. The molecule has 7 nitrogen and oxygen atoms in total. The van der Waals surface area contributed by atoms with E-state index in [-0.39, 0.29) is 26.2 Å². The van der Waals surface area contributed by atoms with Crippen LogP contribution < -0.4 is 9.62 Å². The molecule has 1 aromatic heterocycles. The van der Waals surface area contributed by atoms with Crippen molar-refractivity contribution in [3.63, 3.8) is 0 Å². The lowest BCUT2D eigenvalue weighted by Gasteiger charge is -2.39. The van der Waals surface area contributed by atoms with Crippen molar-refractivity contribution in [2.24, 2.45) is 0 Å². The van der Waals surface area contributed by atoms with Crippen LogP contribution in [-0.2, 0) is 15.6 Å². The Hall–Kier alpha value is -2.54. The summed E-state index contributed by atoms with van der Waals surface area (Å²) in [6, 6.07) is 13.3. The van der Waals surface area contributed by atoms with Gasteiger partial charge in [-0.2, -0.15) is 5.26 Å². The average Bonchev–Trinajstić information content (AvgIpc) is 2.84. The summed E-state index contributed by atoms with van der Waals surface area (Å²) in [6.07, 6.45) is 0.871. The minimum absolute atomic E-state index is 0.0594. The third-order valence-electron chi connectivity index (χ3n) is 6.43. The van der Waals surface area contributed by atoms with Gasteiger partial charge in [-0.3, -0.25) is 4.72 Å². The second-order valence-electron chi connectivity index (χ2n) is 8.71. The van der Waals surface area contributed by atoms with Crippen molar-refractivity contribution in [2.45, 2.75) is 37.2 Å². The van der Waals surface area contributed by atoms with Crippen LogP contribution in [0.2, 0.25) is 15.1 Å². The lowest BCUT2D eigenvalue weighted by atomic mass is 9.84. The van der Waals surface area contributed by atoms with Gasteiger partial charge in [0, 0.05) is 18.1 Å². The van der Waals surface area contributed by atoms with E-state index in [0.29, 0.717) is 48.0 Å². The van der Waals surface area contributed by atoms with Gasteiger partial charge in [0.2, 0.25) is 0 Å². The van der Waals surface area contributed by atoms with Crippen molar-refractivity contribution < 1.29 is 13.5 Å². The molecule has 0 saturated carbocycles. The van der Waals surface area contributed by atoms with Gasteiger partial charge in [-0.05, 0) is 68.1 Å². The number of anilines is 2.